The van der Waals surface area contributed by atoms with Crippen LogP contribution in [0.1, 0.15) is 61.5 Å². The average Bonchev–Trinajstić information content (AvgIpc) is 2.68. The van der Waals surface area contributed by atoms with Crippen LogP contribution < -0.4 is 15.5 Å². The molecule has 1 aliphatic rings. The van der Waals surface area contributed by atoms with Crippen LogP contribution in [-0.4, -0.2) is 35.4 Å². The Balaban J connectivity index is 1.64. The number of hydrogen-bond donors (Lipinski definition) is 2. The predicted octanol–water partition coefficient (Wildman–Crippen LogP) is 4.10. The SMILES string of the molecule is CC1CCN(c2ccc(NC(=O)c3cccc(C(=O)NC(C)(C)C)n3)cc2)CC1. The number of aromatic nitrogens is 1. The number of pyridine rings is 1. The van der Waals surface area contributed by atoms with E-state index in [0.717, 1.165) is 19.0 Å². The minimum atomic E-state index is -0.370. The van der Waals surface area contributed by atoms with E-state index in [1.165, 1.54) is 18.5 Å². The van der Waals surface area contributed by atoms with Crippen LogP contribution in [0.4, 0.5) is 11.4 Å². The second-order valence-electron chi connectivity index (χ2n) is 8.78. The van der Waals surface area contributed by atoms with Crippen LogP contribution in [0.2, 0.25) is 0 Å². The topological polar surface area (TPSA) is 74.3 Å². The number of piperidine rings is 1. The summed E-state index contributed by atoms with van der Waals surface area (Å²) in [5.74, 6) is 0.154. The molecule has 6 nitrogen and oxygen atoms in total. The Morgan fingerprint density at radius 2 is 1.55 bits per heavy atom. The number of amides is 2. The Morgan fingerprint density at radius 1 is 0.966 bits per heavy atom. The molecule has 3 rings (SSSR count). The maximum Gasteiger partial charge on any atom is 0.274 e. The van der Waals surface area contributed by atoms with Gasteiger partial charge in [0, 0.05) is 30.0 Å². The molecule has 0 radical (unpaired) electrons. The van der Waals surface area contributed by atoms with Crippen LogP contribution in [0.15, 0.2) is 42.5 Å². The molecule has 0 bridgehead atoms. The highest BCUT2D eigenvalue weighted by molar-refractivity contribution is 6.04. The van der Waals surface area contributed by atoms with Crippen molar-refractivity contribution in [3.8, 4) is 0 Å². The number of carbonyl (C=O) groups is 2. The van der Waals surface area contributed by atoms with Gasteiger partial charge in [0.1, 0.15) is 11.4 Å². The van der Waals surface area contributed by atoms with Crippen molar-refractivity contribution in [1.82, 2.24) is 10.3 Å². The van der Waals surface area contributed by atoms with Crippen molar-refractivity contribution < 1.29 is 9.59 Å². The van der Waals surface area contributed by atoms with Crippen LogP contribution >= 0.6 is 0 Å². The van der Waals surface area contributed by atoms with Crippen LogP contribution in [0.25, 0.3) is 0 Å². The largest absolute Gasteiger partial charge is 0.372 e. The molecule has 2 aromatic rings. The van der Waals surface area contributed by atoms with E-state index in [1.807, 2.05) is 45.0 Å². The first-order valence-electron chi connectivity index (χ1n) is 10.2. The summed E-state index contributed by atoms with van der Waals surface area (Å²) in [7, 11) is 0. The molecule has 1 saturated heterocycles. The van der Waals surface area contributed by atoms with Gasteiger partial charge < -0.3 is 15.5 Å². The number of hydrogen-bond acceptors (Lipinski definition) is 4. The molecule has 2 heterocycles. The number of rotatable bonds is 4. The van der Waals surface area contributed by atoms with E-state index in [4.69, 9.17) is 0 Å². The summed E-state index contributed by atoms with van der Waals surface area (Å²) < 4.78 is 0. The average molecular weight is 395 g/mol. The smallest absolute Gasteiger partial charge is 0.274 e. The number of carbonyl (C=O) groups excluding carboxylic acids is 2. The molecule has 1 aromatic heterocycles. The first kappa shape index (κ1) is 20.8. The fourth-order valence-electron chi connectivity index (χ4n) is 3.31. The molecule has 0 aliphatic carbocycles. The summed E-state index contributed by atoms with van der Waals surface area (Å²) in [6, 6.07) is 12.7. The van der Waals surface area contributed by atoms with Crippen LogP contribution in [0, 0.1) is 5.92 Å². The van der Waals surface area contributed by atoms with E-state index in [2.05, 4.69) is 27.4 Å². The zero-order valence-electron chi connectivity index (χ0n) is 17.7. The molecular weight excluding hydrogens is 364 g/mol. The van der Waals surface area contributed by atoms with Gasteiger partial charge in [-0.2, -0.15) is 0 Å². The van der Waals surface area contributed by atoms with E-state index in [-0.39, 0.29) is 28.7 Å². The van der Waals surface area contributed by atoms with E-state index >= 15 is 0 Å². The van der Waals surface area contributed by atoms with Crippen molar-refractivity contribution in [3.63, 3.8) is 0 Å². The van der Waals surface area contributed by atoms with Crippen LogP contribution in [0.5, 0.6) is 0 Å². The second kappa shape index (κ2) is 8.64. The molecule has 29 heavy (non-hydrogen) atoms. The standard InChI is InChI=1S/C23H30N4O2/c1-16-12-14-27(15-13-16)18-10-8-17(9-11-18)24-21(28)19-6-5-7-20(25-19)22(29)26-23(2,3)4/h5-11,16H,12-15H2,1-4H3,(H,24,28)(H,26,29). The van der Waals surface area contributed by atoms with Gasteiger partial charge in [-0.3, -0.25) is 9.59 Å². The van der Waals surface area contributed by atoms with Crippen molar-refractivity contribution in [1.29, 1.82) is 0 Å². The second-order valence-corrected chi connectivity index (χ2v) is 8.78. The molecule has 154 valence electrons. The van der Waals surface area contributed by atoms with E-state index < -0.39 is 0 Å². The van der Waals surface area contributed by atoms with Gasteiger partial charge in [0.2, 0.25) is 0 Å². The Kier molecular flexibility index (Phi) is 6.20. The first-order chi connectivity index (χ1) is 13.7. The molecule has 2 N–H and O–H groups in total. The maximum atomic E-state index is 12.6. The van der Waals surface area contributed by atoms with Crippen molar-refractivity contribution in [2.24, 2.45) is 5.92 Å². The van der Waals surface area contributed by atoms with Crippen molar-refractivity contribution in [2.75, 3.05) is 23.3 Å². The molecule has 0 atom stereocenters. The molecule has 1 aliphatic heterocycles. The molecule has 6 heteroatoms. The molecule has 1 aromatic carbocycles. The summed E-state index contributed by atoms with van der Waals surface area (Å²) >= 11 is 0. The van der Waals surface area contributed by atoms with Crippen molar-refractivity contribution >= 4 is 23.2 Å². The van der Waals surface area contributed by atoms with Gasteiger partial charge in [0.15, 0.2) is 0 Å². The van der Waals surface area contributed by atoms with Crippen LogP contribution in [0.3, 0.4) is 0 Å². The third-order valence-corrected chi connectivity index (χ3v) is 4.98. The minimum Gasteiger partial charge on any atom is -0.372 e. The fourth-order valence-corrected chi connectivity index (χ4v) is 3.31. The summed E-state index contributed by atoms with van der Waals surface area (Å²) in [6.45, 7) is 10.1. The monoisotopic (exact) mass is 394 g/mol. The Bertz CT molecular complexity index is 863. The van der Waals surface area contributed by atoms with E-state index in [0.29, 0.717) is 5.69 Å². The molecular formula is C23H30N4O2. The first-order valence-corrected chi connectivity index (χ1v) is 10.2. The highest BCUT2D eigenvalue weighted by Crippen LogP contribution is 2.24. The van der Waals surface area contributed by atoms with Gasteiger partial charge in [-0.1, -0.05) is 13.0 Å². The number of benzene rings is 1. The van der Waals surface area contributed by atoms with Gasteiger partial charge in [0.25, 0.3) is 11.8 Å². The van der Waals surface area contributed by atoms with Gasteiger partial charge in [-0.25, -0.2) is 4.98 Å². The molecule has 0 unspecified atom stereocenters. The third kappa shape index (κ3) is 5.79. The summed E-state index contributed by atoms with van der Waals surface area (Å²) in [5, 5.41) is 5.71. The summed E-state index contributed by atoms with van der Waals surface area (Å²) in [4.78, 5) is 31.5. The Morgan fingerprint density at radius 3 is 2.14 bits per heavy atom. The lowest BCUT2D eigenvalue weighted by atomic mass is 9.99. The molecule has 2 amide bonds. The molecule has 0 spiro atoms. The lowest BCUT2D eigenvalue weighted by Gasteiger charge is -2.32. The van der Waals surface area contributed by atoms with Gasteiger partial charge in [-0.05, 0) is 75.9 Å². The van der Waals surface area contributed by atoms with Gasteiger partial charge >= 0.3 is 0 Å². The van der Waals surface area contributed by atoms with E-state index in [9.17, 15) is 9.59 Å². The Labute approximate surface area is 172 Å². The highest BCUT2D eigenvalue weighted by Gasteiger charge is 2.18. The van der Waals surface area contributed by atoms with Gasteiger partial charge in [0.05, 0.1) is 0 Å². The quantitative estimate of drug-likeness (QED) is 0.819. The predicted molar refractivity (Wildman–Crippen MR) is 116 cm³/mol. The molecule has 1 fully saturated rings. The maximum absolute atomic E-state index is 12.6. The number of anilines is 2. The third-order valence-electron chi connectivity index (χ3n) is 4.98. The highest BCUT2D eigenvalue weighted by atomic mass is 16.2. The summed E-state index contributed by atoms with van der Waals surface area (Å²) in [6.07, 6.45) is 2.42. The number of nitrogens with zero attached hydrogens (tertiary/aromatic N) is 2. The normalized spacial score (nSPS) is 15.1. The minimum absolute atomic E-state index is 0.209. The van der Waals surface area contributed by atoms with E-state index in [1.54, 1.807) is 18.2 Å². The van der Waals surface area contributed by atoms with Crippen molar-refractivity contribution in [2.45, 2.75) is 46.1 Å². The van der Waals surface area contributed by atoms with Crippen molar-refractivity contribution in [3.05, 3.63) is 53.9 Å². The lowest BCUT2D eigenvalue weighted by molar-refractivity contribution is 0.0914. The van der Waals surface area contributed by atoms with Crippen LogP contribution in [-0.2, 0) is 0 Å². The zero-order chi connectivity index (χ0) is 21.0. The number of nitrogens with one attached hydrogen (secondary N) is 2. The fraction of sp³-hybridized carbons (Fsp3) is 0.435. The zero-order valence-corrected chi connectivity index (χ0v) is 17.7. The molecule has 0 saturated carbocycles. The lowest BCUT2D eigenvalue weighted by Crippen LogP contribution is -2.41. The Hall–Kier alpha value is -2.89. The van der Waals surface area contributed by atoms with Gasteiger partial charge in [-0.15, -0.1) is 0 Å². The summed E-state index contributed by atoms with van der Waals surface area (Å²) in [5.41, 5.74) is 1.94.